The minimum atomic E-state index is -3.49. The van der Waals surface area contributed by atoms with Gasteiger partial charge in [0.25, 0.3) is 10.0 Å². The first-order chi connectivity index (χ1) is 11.9. The molecule has 0 saturated carbocycles. The van der Waals surface area contributed by atoms with Crippen LogP contribution in [0.1, 0.15) is 17.7 Å². The van der Waals surface area contributed by atoms with Crippen LogP contribution in [-0.2, 0) is 21.2 Å². The second kappa shape index (κ2) is 7.19. The van der Waals surface area contributed by atoms with Gasteiger partial charge < -0.3 is 5.32 Å². The summed E-state index contributed by atoms with van der Waals surface area (Å²) in [5, 5.41) is 2.46. The summed E-state index contributed by atoms with van der Waals surface area (Å²) in [5.74, 6) is -2.47. The van der Waals surface area contributed by atoms with Crippen LogP contribution in [0.2, 0.25) is 0 Å². The van der Waals surface area contributed by atoms with Crippen LogP contribution in [-0.4, -0.2) is 31.7 Å². The van der Waals surface area contributed by atoms with Crippen molar-refractivity contribution >= 4 is 33.0 Å². The van der Waals surface area contributed by atoms with Crippen LogP contribution in [0.25, 0.3) is 0 Å². The smallest absolute Gasteiger partial charge is 0.252 e. The van der Waals surface area contributed by atoms with Gasteiger partial charge in [-0.1, -0.05) is 0 Å². The molecular formula is C16H16F2N2O3S2. The second-order valence-corrected chi connectivity index (χ2v) is 9.02. The zero-order valence-electron chi connectivity index (χ0n) is 13.2. The highest BCUT2D eigenvalue weighted by molar-refractivity contribution is 7.91. The molecule has 1 aliphatic rings. The van der Waals surface area contributed by atoms with E-state index in [1.54, 1.807) is 6.07 Å². The normalized spacial score (nSPS) is 15.4. The molecule has 1 aliphatic heterocycles. The third-order valence-electron chi connectivity index (χ3n) is 3.83. The third-order valence-corrected chi connectivity index (χ3v) is 7.29. The fourth-order valence-corrected chi connectivity index (χ4v) is 5.61. The molecule has 5 nitrogen and oxygen atoms in total. The first-order valence-electron chi connectivity index (χ1n) is 7.70. The minimum absolute atomic E-state index is 0.0425. The Morgan fingerprint density at radius 1 is 1.12 bits per heavy atom. The number of rotatable bonds is 5. The summed E-state index contributed by atoms with van der Waals surface area (Å²) >= 11 is 1.05. The predicted molar refractivity (Wildman–Crippen MR) is 91.0 cm³/mol. The molecule has 2 aromatic rings. The molecule has 0 spiro atoms. The van der Waals surface area contributed by atoms with Crippen LogP contribution in [0.4, 0.5) is 14.5 Å². The molecule has 0 bridgehead atoms. The highest BCUT2D eigenvalue weighted by Crippen LogP contribution is 2.27. The first-order valence-corrected chi connectivity index (χ1v) is 9.96. The van der Waals surface area contributed by atoms with Crippen molar-refractivity contribution in [3.8, 4) is 0 Å². The number of benzene rings is 1. The number of carbonyl (C=O) groups is 1. The lowest BCUT2D eigenvalue weighted by Gasteiger charge is -2.13. The molecule has 3 rings (SSSR count). The fourth-order valence-electron chi connectivity index (χ4n) is 2.58. The topological polar surface area (TPSA) is 66.5 Å². The van der Waals surface area contributed by atoms with Crippen LogP contribution in [0.15, 0.2) is 34.5 Å². The zero-order valence-corrected chi connectivity index (χ0v) is 14.8. The first kappa shape index (κ1) is 18.0. The number of nitrogens with zero attached hydrogens (tertiary/aromatic N) is 1. The Balaban J connectivity index is 1.66. The van der Waals surface area contributed by atoms with Crippen molar-refractivity contribution in [3.63, 3.8) is 0 Å². The van der Waals surface area contributed by atoms with E-state index in [0.717, 1.165) is 36.3 Å². The molecule has 1 saturated heterocycles. The number of nitrogens with one attached hydrogen (secondary N) is 1. The van der Waals surface area contributed by atoms with Gasteiger partial charge in [0.1, 0.15) is 4.21 Å². The van der Waals surface area contributed by atoms with Crippen molar-refractivity contribution in [3.05, 3.63) is 46.8 Å². The van der Waals surface area contributed by atoms with Gasteiger partial charge in [-0.15, -0.1) is 11.3 Å². The van der Waals surface area contributed by atoms with Gasteiger partial charge in [0.05, 0.1) is 6.42 Å². The Morgan fingerprint density at radius 2 is 1.84 bits per heavy atom. The number of amides is 1. The van der Waals surface area contributed by atoms with E-state index in [1.807, 2.05) is 0 Å². The number of hydrogen-bond acceptors (Lipinski definition) is 4. The van der Waals surface area contributed by atoms with E-state index >= 15 is 0 Å². The van der Waals surface area contributed by atoms with Crippen molar-refractivity contribution in [1.29, 1.82) is 0 Å². The van der Waals surface area contributed by atoms with Crippen LogP contribution >= 0.6 is 11.3 Å². The van der Waals surface area contributed by atoms with Gasteiger partial charge in [-0.05, 0) is 37.1 Å². The molecular weight excluding hydrogens is 370 g/mol. The van der Waals surface area contributed by atoms with Gasteiger partial charge in [-0.3, -0.25) is 4.79 Å². The van der Waals surface area contributed by atoms with Crippen molar-refractivity contribution < 1.29 is 22.0 Å². The van der Waals surface area contributed by atoms with Gasteiger partial charge in [-0.25, -0.2) is 17.2 Å². The SMILES string of the molecule is O=C(Cc1ccc(S(=O)(=O)N2CCCC2)s1)Nc1ccc(F)c(F)c1. The highest BCUT2D eigenvalue weighted by atomic mass is 32.2. The number of thiophene rings is 1. The monoisotopic (exact) mass is 386 g/mol. The van der Waals surface area contributed by atoms with E-state index in [2.05, 4.69) is 5.32 Å². The van der Waals surface area contributed by atoms with Crippen LogP contribution in [0.3, 0.4) is 0 Å². The maximum atomic E-state index is 13.1. The highest BCUT2D eigenvalue weighted by Gasteiger charge is 2.28. The molecule has 25 heavy (non-hydrogen) atoms. The van der Waals surface area contributed by atoms with Gasteiger partial charge in [-0.2, -0.15) is 4.31 Å². The molecule has 1 fully saturated rings. The maximum absolute atomic E-state index is 13.1. The number of sulfonamides is 1. The molecule has 0 unspecified atom stereocenters. The Kier molecular flexibility index (Phi) is 5.16. The van der Waals surface area contributed by atoms with E-state index in [9.17, 15) is 22.0 Å². The third kappa shape index (κ3) is 4.05. The van der Waals surface area contributed by atoms with Crippen LogP contribution < -0.4 is 5.32 Å². The van der Waals surface area contributed by atoms with E-state index < -0.39 is 27.6 Å². The lowest BCUT2D eigenvalue weighted by atomic mass is 10.2. The van der Waals surface area contributed by atoms with E-state index in [4.69, 9.17) is 0 Å². The second-order valence-electron chi connectivity index (χ2n) is 5.69. The molecule has 1 aromatic carbocycles. The molecule has 2 heterocycles. The number of anilines is 1. The zero-order chi connectivity index (χ0) is 18.0. The molecule has 0 radical (unpaired) electrons. The number of carbonyl (C=O) groups excluding carboxylic acids is 1. The molecule has 134 valence electrons. The van der Waals surface area contributed by atoms with Gasteiger partial charge in [0.2, 0.25) is 5.91 Å². The summed E-state index contributed by atoms with van der Waals surface area (Å²) in [4.78, 5) is 12.6. The molecule has 9 heteroatoms. The quantitative estimate of drug-likeness (QED) is 0.859. The lowest BCUT2D eigenvalue weighted by Crippen LogP contribution is -2.27. The molecule has 1 N–H and O–H groups in total. The van der Waals surface area contributed by atoms with Crippen LogP contribution in [0, 0.1) is 11.6 Å². The largest absolute Gasteiger partial charge is 0.326 e. The van der Waals surface area contributed by atoms with Crippen LogP contribution in [0.5, 0.6) is 0 Å². The molecule has 0 aliphatic carbocycles. The predicted octanol–water partition coefficient (Wildman–Crippen LogP) is 2.99. The van der Waals surface area contributed by atoms with Crippen molar-refractivity contribution in [2.75, 3.05) is 18.4 Å². The Hall–Kier alpha value is -1.84. The summed E-state index contributed by atoms with van der Waals surface area (Å²) < 4.78 is 52.6. The van der Waals surface area contributed by atoms with Crippen molar-refractivity contribution in [2.45, 2.75) is 23.5 Å². The van der Waals surface area contributed by atoms with Gasteiger partial charge in [0, 0.05) is 29.7 Å². The van der Waals surface area contributed by atoms with Gasteiger partial charge in [0.15, 0.2) is 11.6 Å². The van der Waals surface area contributed by atoms with Crippen molar-refractivity contribution in [2.24, 2.45) is 0 Å². The standard InChI is InChI=1S/C16H16F2N2O3S2/c17-13-5-3-11(9-14(13)18)19-15(21)10-12-4-6-16(24-12)25(22,23)20-7-1-2-8-20/h3-6,9H,1-2,7-8,10H2,(H,19,21). The van der Waals surface area contributed by atoms with Gasteiger partial charge >= 0.3 is 0 Å². The summed E-state index contributed by atoms with van der Waals surface area (Å²) in [7, 11) is -3.49. The minimum Gasteiger partial charge on any atom is -0.326 e. The van der Waals surface area contributed by atoms with E-state index in [0.29, 0.717) is 18.0 Å². The summed E-state index contributed by atoms with van der Waals surface area (Å²) in [6.45, 7) is 1.04. The average molecular weight is 386 g/mol. The summed E-state index contributed by atoms with van der Waals surface area (Å²) in [6.07, 6.45) is 1.67. The molecule has 1 amide bonds. The number of hydrogen-bond donors (Lipinski definition) is 1. The van der Waals surface area contributed by atoms with E-state index in [1.165, 1.54) is 16.4 Å². The Morgan fingerprint density at radius 3 is 2.52 bits per heavy atom. The Bertz CT molecular complexity index is 891. The molecule has 1 aromatic heterocycles. The summed E-state index contributed by atoms with van der Waals surface area (Å²) in [5.41, 5.74) is 0.144. The average Bonchev–Trinajstić information content (AvgIpc) is 3.22. The van der Waals surface area contributed by atoms with Crippen molar-refractivity contribution in [1.82, 2.24) is 4.31 Å². The fraction of sp³-hybridized carbons (Fsp3) is 0.312. The molecule has 0 atom stereocenters. The maximum Gasteiger partial charge on any atom is 0.252 e. The van der Waals surface area contributed by atoms with E-state index in [-0.39, 0.29) is 16.3 Å². The lowest BCUT2D eigenvalue weighted by molar-refractivity contribution is -0.115. The number of halogens is 2. The summed E-state index contributed by atoms with van der Waals surface area (Å²) in [6, 6.07) is 6.17. The Labute approximate surface area is 148 Å².